The summed E-state index contributed by atoms with van der Waals surface area (Å²) in [5.41, 5.74) is 2.09. The summed E-state index contributed by atoms with van der Waals surface area (Å²) in [4.78, 5) is 31.9. The predicted molar refractivity (Wildman–Crippen MR) is 99.1 cm³/mol. The first-order valence-corrected chi connectivity index (χ1v) is 9.72. The van der Waals surface area contributed by atoms with Gasteiger partial charge in [0.15, 0.2) is 5.13 Å². The lowest BCUT2D eigenvalue weighted by Gasteiger charge is -2.35. The van der Waals surface area contributed by atoms with E-state index in [1.165, 1.54) is 0 Å². The Morgan fingerprint density at radius 3 is 3.23 bits per heavy atom. The number of hydrogen-bond acceptors (Lipinski definition) is 7. The summed E-state index contributed by atoms with van der Waals surface area (Å²) in [7, 11) is 0. The van der Waals surface area contributed by atoms with Crippen molar-refractivity contribution in [3.8, 4) is 5.75 Å². The molecule has 1 aromatic heterocycles. The molecule has 8 nitrogen and oxygen atoms in total. The second-order valence-corrected chi connectivity index (χ2v) is 7.93. The molecule has 3 aliphatic rings. The molecular formula is C17H19N5O3S. The van der Waals surface area contributed by atoms with Gasteiger partial charge >= 0.3 is 6.03 Å². The molecule has 2 aromatic rings. The summed E-state index contributed by atoms with van der Waals surface area (Å²) >= 11 is 1.55. The van der Waals surface area contributed by atoms with Crippen LogP contribution in [0.3, 0.4) is 0 Å². The molecular weight excluding hydrogens is 354 g/mol. The van der Waals surface area contributed by atoms with Crippen molar-refractivity contribution in [2.24, 2.45) is 5.18 Å². The maximum absolute atomic E-state index is 12.6. The molecule has 2 unspecified atom stereocenters. The Hall–Kier alpha value is -2.26. The monoisotopic (exact) mass is 373 g/mol. The van der Waals surface area contributed by atoms with Crippen LogP contribution in [-0.2, 0) is 6.42 Å². The van der Waals surface area contributed by atoms with Crippen molar-refractivity contribution in [1.29, 1.82) is 0 Å². The zero-order chi connectivity index (χ0) is 17.7. The minimum absolute atomic E-state index is 0.0350. The standard InChI is InChI=1S/C17H19N5O3S/c23-16-19-11-3-6-21(7-5-18-24)9-12(11)22(16)17-20-15-10-4-8-25-13(10)1-2-14(15)26-17/h1-2,11-12H,3-9H2,(H,19,23). The zero-order valence-corrected chi connectivity index (χ0v) is 15.0. The Bertz CT molecular complexity index is 885. The number of nitroso groups, excluding NO2 is 1. The van der Waals surface area contributed by atoms with Crippen LogP contribution in [0, 0.1) is 4.91 Å². The van der Waals surface area contributed by atoms with E-state index in [-0.39, 0.29) is 24.7 Å². The van der Waals surface area contributed by atoms with Crippen LogP contribution in [0.15, 0.2) is 17.3 Å². The lowest BCUT2D eigenvalue weighted by molar-refractivity contribution is 0.200. The van der Waals surface area contributed by atoms with Crippen molar-refractivity contribution in [3.05, 3.63) is 22.6 Å². The second-order valence-electron chi connectivity index (χ2n) is 6.92. The number of nitrogens with one attached hydrogen (secondary N) is 1. The van der Waals surface area contributed by atoms with E-state index in [9.17, 15) is 9.70 Å². The second kappa shape index (κ2) is 6.17. The lowest BCUT2D eigenvalue weighted by Crippen LogP contribution is -2.52. The number of carbonyl (C=O) groups excluding carboxylic acids is 1. The molecule has 0 saturated carbocycles. The number of amides is 2. The molecule has 26 heavy (non-hydrogen) atoms. The number of urea groups is 1. The van der Waals surface area contributed by atoms with Gasteiger partial charge in [-0.2, -0.15) is 4.91 Å². The van der Waals surface area contributed by atoms with Crippen LogP contribution in [0.4, 0.5) is 9.93 Å². The Morgan fingerprint density at radius 1 is 1.42 bits per heavy atom. The topological polar surface area (TPSA) is 87.1 Å². The van der Waals surface area contributed by atoms with Gasteiger partial charge in [-0.1, -0.05) is 16.5 Å². The first-order valence-electron chi connectivity index (χ1n) is 8.91. The van der Waals surface area contributed by atoms with Crippen LogP contribution in [-0.4, -0.2) is 60.8 Å². The van der Waals surface area contributed by atoms with Crippen LogP contribution < -0.4 is 15.0 Å². The van der Waals surface area contributed by atoms with Crippen molar-refractivity contribution >= 4 is 32.7 Å². The smallest absolute Gasteiger partial charge is 0.324 e. The largest absolute Gasteiger partial charge is 0.493 e. The summed E-state index contributed by atoms with van der Waals surface area (Å²) < 4.78 is 6.71. The molecule has 0 bridgehead atoms. The number of carbonyl (C=O) groups is 1. The molecule has 0 spiro atoms. The number of fused-ring (bicyclic) bond motifs is 4. The third-order valence-electron chi connectivity index (χ3n) is 5.46. The normalized spacial score (nSPS) is 25.1. The van der Waals surface area contributed by atoms with Crippen LogP contribution >= 0.6 is 11.3 Å². The van der Waals surface area contributed by atoms with Crippen molar-refractivity contribution in [2.45, 2.75) is 24.9 Å². The number of piperidine rings is 1. The Labute approximate surface area is 154 Å². The van der Waals surface area contributed by atoms with Crippen LogP contribution in [0.5, 0.6) is 5.75 Å². The molecule has 2 saturated heterocycles. The van der Waals surface area contributed by atoms with Crippen molar-refractivity contribution in [1.82, 2.24) is 15.2 Å². The molecule has 0 radical (unpaired) electrons. The van der Waals surface area contributed by atoms with E-state index in [1.54, 1.807) is 16.2 Å². The fourth-order valence-corrected chi connectivity index (χ4v) is 5.23. The SMILES string of the molecule is O=NCCN1CCC2NC(=O)N(c3nc4c5c(ccc4s3)OCC5)C2C1. The first kappa shape index (κ1) is 16.0. The molecule has 4 heterocycles. The quantitative estimate of drug-likeness (QED) is 0.828. The maximum atomic E-state index is 12.6. The number of benzene rings is 1. The minimum atomic E-state index is -0.0812. The van der Waals surface area contributed by atoms with E-state index in [1.807, 2.05) is 12.1 Å². The first-order chi connectivity index (χ1) is 12.7. The molecule has 2 fully saturated rings. The molecule has 5 rings (SSSR count). The van der Waals surface area contributed by atoms with Gasteiger partial charge in [-0.25, -0.2) is 9.78 Å². The van der Waals surface area contributed by atoms with Crippen LogP contribution in [0.2, 0.25) is 0 Å². The average molecular weight is 373 g/mol. The van der Waals surface area contributed by atoms with Gasteiger partial charge in [0, 0.05) is 31.6 Å². The third-order valence-corrected chi connectivity index (χ3v) is 6.48. The fourth-order valence-electron chi connectivity index (χ4n) is 4.18. The number of ether oxygens (including phenoxy) is 1. The van der Waals surface area contributed by atoms with Gasteiger partial charge in [-0.15, -0.1) is 0 Å². The summed E-state index contributed by atoms with van der Waals surface area (Å²) in [6, 6.07) is 4.10. The highest BCUT2D eigenvalue weighted by Gasteiger charge is 2.44. The summed E-state index contributed by atoms with van der Waals surface area (Å²) in [6.07, 6.45) is 1.74. The van der Waals surface area contributed by atoms with E-state index in [0.717, 1.165) is 52.6 Å². The number of aromatic nitrogens is 1. The van der Waals surface area contributed by atoms with E-state index in [2.05, 4.69) is 15.4 Å². The van der Waals surface area contributed by atoms with Gasteiger partial charge in [-0.05, 0) is 18.6 Å². The molecule has 9 heteroatoms. The molecule has 1 N–H and O–H groups in total. The van der Waals surface area contributed by atoms with Gasteiger partial charge in [0.1, 0.15) is 5.75 Å². The maximum Gasteiger partial charge on any atom is 0.324 e. The number of rotatable bonds is 4. The van der Waals surface area contributed by atoms with Gasteiger partial charge in [0.25, 0.3) is 0 Å². The molecule has 0 aliphatic carbocycles. The molecule has 2 atom stereocenters. The molecule has 3 aliphatic heterocycles. The Kier molecular flexibility index (Phi) is 3.79. The lowest BCUT2D eigenvalue weighted by atomic mass is 10.0. The van der Waals surface area contributed by atoms with Gasteiger partial charge in [-0.3, -0.25) is 9.80 Å². The molecule has 136 valence electrons. The summed E-state index contributed by atoms with van der Waals surface area (Å²) in [5, 5.41) is 6.79. The molecule has 2 amide bonds. The van der Waals surface area contributed by atoms with E-state index in [0.29, 0.717) is 13.2 Å². The molecule has 1 aromatic carbocycles. The van der Waals surface area contributed by atoms with E-state index >= 15 is 0 Å². The van der Waals surface area contributed by atoms with E-state index in [4.69, 9.17) is 9.72 Å². The van der Waals surface area contributed by atoms with Crippen LogP contribution in [0.1, 0.15) is 12.0 Å². The number of likely N-dealkylation sites (tertiary alicyclic amines) is 1. The highest BCUT2D eigenvalue weighted by atomic mass is 32.1. The Balaban J connectivity index is 1.47. The number of anilines is 1. The average Bonchev–Trinajstić information content (AvgIpc) is 3.33. The van der Waals surface area contributed by atoms with Crippen molar-refractivity contribution in [3.63, 3.8) is 0 Å². The number of thiazole rings is 1. The number of nitrogens with zero attached hydrogens (tertiary/aromatic N) is 4. The van der Waals surface area contributed by atoms with E-state index < -0.39 is 0 Å². The highest BCUT2D eigenvalue weighted by Crippen LogP contribution is 2.39. The van der Waals surface area contributed by atoms with Gasteiger partial charge in [0.2, 0.25) is 0 Å². The minimum Gasteiger partial charge on any atom is -0.493 e. The van der Waals surface area contributed by atoms with Gasteiger partial charge < -0.3 is 10.1 Å². The third kappa shape index (κ3) is 2.45. The summed E-state index contributed by atoms with van der Waals surface area (Å²) in [6.45, 7) is 3.22. The highest BCUT2D eigenvalue weighted by molar-refractivity contribution is 7.22. The van der Waals surface area contributed by atoms with Crippen molar-refractivity contribution < 1.29 is 9.53 Å². The zero-order valence-electron chi connectivity index (χ0n) is 14.2. The van der Waals surface area contributed by atoms with Crippen LogP contribution in [0.25, 0.3) is 10.2 Å². The summed E-state index contributed by atoms with van der Waals surface area (Å²) in [5.74, 6) is 0.906. The predicted octanol–water partition coefficient (Wildman–Crippen LogP) is 1.97. The van der Waals surface area contributed by atoms with Gasteiger partial charge in [0.05, 0.1) is 35.5 Å². The van der Waals surface area contributed by atoms with Crippen molar-refractivity contribution in [2.75, 3.05) is 37.7 Å². The number of hydrogen-bond donors (Lipinski definition) is 1. The fraction of sp³-hybridized carbons (Fsp3) is 0.529. The Morgan fingerprint density at radius 2 is 2.35 bits per heavy atom.